The molecule has 1 atom stereocenters. The summed E-state index contributed by atoms with van der Waals surface area (Å²) in [6.07, 6.45) is 0.367. The third-order valence-corrected chi connectivity index (χ3v) is 5.02. The SMILES string of the molecule is CCOc1ccc(CN2CC(c3nc(-c4ccccc4)no3)CC2=O)cc1OCC. The van der Waals surface area contributed by atoms with Gasteiger partial charge >= 0.3 is 0 Å². The number of aromatic nitrogens is 2. The van der Waals surface area contributed by atoms with Gasteiger partial charge in [-0.3, -0.25) is 4.79 Å². The molecule has 1 amide bonds. The van der Waals surface area contributed by atoms with Crippen molar-refractivity contribution in [2.45, 2.75) is 32.7 Å². The van der Waals surface area contributed by atoms with Crippen molar-refractivity contribution in [3.8, 4) is 22.9 Å². The summed E-state index contributed by atoms with van der Waals surface area (Å²) in [5.74, 6) is 2.44. The fourth-order valence-electron chi connectivity index (χ4n) is 3.61. The van der Waals surface area contributed by atoms with Crippen LogP contribution in [-0.2, 0) is 11.3 Å². The van der Waals surface area contributed by atoms with Gasteiger partial charge in [-0.25, -0.2) is 0 Å². The predicted molar refractivity (Wildman–Crippen MR) is 111 cm³/mol. The summed E-state index contributed by atoms with van der Waals surface area (Å²) in [4.78, 5) is 18.9. The summed E-state index contributed by atoms with van der Waals surface area (Å²) in [6.45, 7) is 6.04. The van der Waals surface area contributed by atoms with Crippen LogP contribution in [0.4, 0.5) is 0 Å². The molecule has 1 saturated heterocycles. The van der Waals surface area contributed by atoms with Crippen molar-refractivity contribution in [3.63, 3.8) is 0 Å². The minimum absolute atomic E-state index is 0.0753. The number of ether oxygens (including phenoxy) is 2. The van der Waals surface area contributed by atoms with Gasteiger partial charge in [0.25, 0.3) is 0 Å². The third kappa shape index (κ3) is 4.30. The Hall–Kier alpha value is -3.35. The van der Waals surface area contributed by atoms with Gasteiger partial charge in [0.2, 0.25) is 17.6 Å². The standard InChI is InChI=1S/C23H25N3O4/c1-3-28-19-11-10-16(12-20(19)29-4-2)14-26-15-18(13-21(26)27)23-24-22(25-30-23)17-8-6-5-7-9-17/h5-12,18H,3-4,13-15H2,1-2H3. The van der Waals surface area contributed by atoms with E-state index in [1.54, 1.807) is 0 Å². The van der Waals surface area contributed by atoms with Gasteiger partial charge in [0.05, 0.1) is 19.1 Å². The first kappa shape index (κ1) is 19.9. The van der Waals surface area contributed by atoms with Gasteiger partial charge < -0.3 is 18.9 Å². The van der Waals surface area contributed by atoms with Gasteiger partial charge in [0, 0.05) is 25.1 Å². The van der Waals surface area contributed by atoms with E-state index >= 15 is 0 Å². The summed E-state index contributed by atoms with van der Waals surface area (Å²) < 4.78 is 16.8. The Labute approximate surface area is 175 Å². The highest BCUT2D eigenvalue weighted by molar-refractivity contribution is 5.79. The van der Waals surface area contributed by atoms with Crippen molar-refractivity contribution in [1.29, 1.82) is 0 Å². The molecule has 0 N–H and O–H groups in total. The molecule has 0 radical (unpaired) electrons. The molecule has 7 heteroatoms. The molecular formula is C23H25N3O4. The second-order valence-corrected chi connectivity index (χ2v) is 7.14. The van der Waals surface area contributed by atoms with Crippen LogP contribution in [0.15, 0.2) is 53.1 Å². The van der Waals surface area contributed by atoms with Gasteiger partial charge in [-0.15, -0.1) is 0 Å². The van der Waals surface area contributed by atoms with Crippen LogP contribution in [0.25, 0.3) is 11.4 Å². The van der Waals surface area contributed by atoms with E-state index in [-0.39, 0.29) is 11.8 Å². The zero-order chi connectivity index (χ0) is 20.9. The van der Waals surface area contributed by atoms with Crippen LogP contribution in [-0.4, -0.2) is 40.7 Å². The third-order valence-electron chi connectivity index (χ3n) is 5.02. The smallest absolute Gasteiger partial charge is 0.232 e. The summed E-state index contributed by atoms with van der Waals surface area (Å²) in [7, 11) is 0. The van der Waals surface area contributed by atoms with E-state index in [0.717, 1.165) is 11.1 Å². The molecular weight excluding hydrogens is 382 g/mol. The molecule has 1 aliphatic rings. The summed E-state index contributed by atoms with van der Waals surface area (Å²) >= 11 is 0. The molecule has 0 aliphatic carbocycles. The highest BCUT2D eigenvalue weighted by Gasteiger charge is 2.34. The van der Waals surface area contributed by atoms with Gasteiger partial charge in [0.15, 0.2) is 11.5 Å². The molecule has 1 aliphatic heterocycles. The Bertz CT molecular complexity index is 1000. The predicted octanol–water partition coefficient (Wildman–Crippen LogP) is 4.05. The van der Waals surface area contributed by atoms with Crippen molar-refractivity contribution < 1.29 is 18.8 Å². The van der Waals surface area contributed by atoms with Crippen molar-refractivity contribution in [1.82, 2.24) is 15.0 Å². The van der Waals surface area contributed by atoms with Crippen molar-refractivity contribution in [2.75, 3.05) is 19.8 Å². The molecule has 0 bridgehead atoms. The molecule has 0 spiro atoms. The van der Waals surface area contributed by atoms with Crippen LogP contribution in [0.2, 0.25) is 0 Å². The first-order valence-electron chi connectivity index (χ1n) is 10.2. The lowest BCUT2D eigenvalue weighted by atomic mass is 10.1. The maximum absolute atomic E-state index is 12.6. The minimum atomic E-state index is -0.100. The van der Waals surface area contributed by atoms with E-state index in [1.165, 1.54) is 0 Å². The highest BCUT2D eigenvalue weighted by Crippen LogP contribution is 2.32. The van der Waals surface area contributed by atoms with Crippen LogP contribution < -0.4 is 9.47 Å². The van der Waals surface area contributed by atoms with E-state index < -0.39 is 0 Å². The Morgan fingerprint density at radius 1 is 1.07 bits per heavy atom. The number of amides is 1. The Morgan fingerprint density at radius 2 is 1.83 bits per heavy atom. The van der Waals surface area contributed by atoms with Crippen LogP contribution in [0.3, 0.4) is 0 Å². The van der Waals surface area contributed by atoms with Crippen molar-refractivity contribution in [3.05, 3.63) is 60.0 Å². The first-order valence-corrected chi connectivity index (χ1v) is 10.2. The van der Waals surface area contributed by atoms with Crippen molar-refractivity contribution >= 4 is 5.91 Å². The molecule has 1 unspecified atom stereocenters. The monoisotopic (exact) mass is 407 g/mol. The Morgan fingerprint density at radius 3 is 2.60 bits per heavy atom. The topological polar surface area (TPSA) is 77.7 Å². The fourth-order valence-corrected chi connectivity index (χ4v) is 3.61. The number of likely N-dealkylation sites (tertiary alicyclic amines) is 1. The number of benzene rings is 2. The number of hydrogen-bond donors (Lipinski definition) is 0. The maximum Gasteiger partial charge on any atom is 0.232 e. The number of carbonyl (C=O) groups excluding carboxylic acids is 1. The van der Waals surface area contributed by atoms with Crippen molar-refractivity contribution in [2.24, 2.45) is 0 Å². The lowest BCUT2D eigenvalue weighted by molar-refractivity contribution is -0.128. The zero-order valence-electron chi connectivity index (χ0n) is 17.2. The van der Waals surface area contributed by atoms with E-state index in [0.29, 0.717) is 55.9 Å². The summed E-state index contributed by atoms with van der Waals surface area (Å²) in [5.41, 5.74) is 1.89. The number of hydrogen-bond acceptors (Lipinski definition) is 6. The second-order valence-electron chi connectivity index (χ2n) is 7.14. The molecule has 1 fully saturated rings. The fraction of sp³-hybridized carbons (Fsp3) is 0.348. The van der Waals surface area contributed by atoms with Crippen LogP contribution in [0.5, 0.6) is 11.5 Å². The Balaban J connectivity index is 1.45. The number of nitrogens with zero attached hydrogens (tertiary/aromatic N) is 3. The largest absolute Gasteiger partial charge is 0.490 e. The number of rotatable bonds is 8. The van der Waals surface area contributed by atoms with E-state index in [2.05, 4.69) is 10.1 Å². The first-order chi connectivity index (χ1) is 14.7. The molecule has 7 nitrogen and oxygen atoms in total. The average Bonchev–Trinajstić information content (AvgIpc) is 3.38. The maximum atomic E-state index is 12.6. The van der Waals surface area contributed by atoms with Gasteiger partial charge in [-0.1, -0.05) is 41.6 Å². The molecule has 3 aromatic rings. The van der Waals surface area contributed by atoms with Gasteiger partial charge in [-0.05, 0) is 31.5 Å². The van der Waals surface area contributed by atoms with Gasteiger partial charge in [0.1, 0.15) is 0 Å². The van der Waals surface area contributed by atoms with E-state index in [4.69, 9.17) is 14.0 Å². The van der Waals surface area contributed by atoms with Crippen LogP contribution in [0.1, 0.15) is 37.6 Å². The lowest BCUT2D eigenvalue weighted by Gasteiger charge is -2.18. The second kappa shape index (κ2) is 8.98. The van der Waals surface area contributed by atoms with Crippen LogP contribution in [0, 0.1) is 0 Å². The number of carbonyl (C=O) groups is 1. The summed E-state index contributed by atoms with van der Waals surface area (Å²) in [5, 5.41) is 4.08. The minimum Gasteiger partial charge on any atom is -0.490 e. The van der Waals surface area contributed by atoms with E-state index in [9.17, 15) is 4.79 Å². The molecule has 0 saturated carbocycles. The summed E-state index contributed by atoms with van der Waals surface area (Å²) in [6, 6.07) is 15.5. The molecule has 1 aromatic heterocycles. The quantitative estimate of drug-likeness (QED) is 0.561. The lowest BCUT2D eigenvalue weighted by Crippen LogP contribution is -2.24. The highest BCUT2D eigenvalue weighted by atomic mass is 16.5. The van der Waals surface area contributed by atoms with Crippen LogP contribution >= 0.6 is 0 Å². The average molecular weight is 407 g/mol. The van der Waals surface area contributed by atoms with Gasteiger partial charge in [-0.2, -0.15) is 4.98 Å². The Kier molecular flexibility index (Phi) is 5.97. The molecule has 30 heavy (non-hydrogen) atoms. The van der Waals surface area contributed by atoms with E-state index in [1.807, 2.05) is 67.3 Å². The molecule has 4 rings (SSSR count). The molecule has 2 aromatic carbocycles. The zero-order valence-corrected chi connectivity index (χ0v) is 17.2. The normalized spacial score (nSPS) is 16.1. The molecule has 2 heterocycles. The molecule has 156 valence electrons.